The van der Waals surface area contributed by atoms with Crippen molar-refractivity contribution in [1.82, 2.24) is 0 Å². The second kappa shape index (κ2) is 7.57. The largest absolute Gasteiger partial charge is 0.478 e. The van der Waals surface area contributed by atoms with Crippen LogP contribution in [0.2, 0.25) is 0 Å². The van der Waals surface area contributed by atoms with Crippen molar-refractivity contribution in [2.75, 3.05) is 0 Å². The smallest absolute Gasteiger partial charge is 0.328 e. The van der Waals surface area contributed by atoms with E-state index >= 15 is 0 Å². The minimum atomic E-state index is -1.09. The number of benzene rings is 3. The Kier molecular flexibility index (Phi) is 5.04. The normalized spacial score (nSPS) is 11.8. The molecular weight excluding hydrogens is 331 g/mol. The molecule has 3 nitrogen and oxygen atoms in total. The monoisotopic (exact) mass is 346 g/mol. The molecule has 0 fully saturated rings. The van der Waals surface area contributed by atoms with Gasteiger partial charge >= 0.3 is 5.97 Å². The zero-order valence-corrected chi connectivity index (χ0v) is 13.7. The Morgan fingerprint density at radius 3 is 2.35 bits per heavy atom. The van der Waals surface area contributed by atoms with Crippen molar-refractivity contribution < 1.29 is 19.1 Å². The summed E-state index contributed by atoms with van der Waals surface area (Å²) >= 11 is 0. The SMILES string of the molecule is O=Cc1ccc2ccccc2c1C(=C\c1ccc(F)cc1)/C=C/C(=O)O. The topological polar surface area (TPSA) is 54.4 Å². The van der Waals surface area contributed by atoms with Crippen molar-refractivity contribution in [2.45, 2.75) is 0 Å². The summed E-state index contributed by atoms with van der Waals surface area (Å²) in [5.41, 5.74) is 2.34. The van der Waals surface area contributed by atoms with Gasteiger partial charge in [-0.05, 0) is 46.2 Å². The number of carboxylic acid groups (broad SMARTS) is 1. The molecule has 0 bridgehead atoms. The first-order valence-electron chi connectivity index (χ1n) is 7.94. The third-order valence-electron chi connectivity index (χ3n) is 3.97. The van der Waals surface area contributed by atoms with Gasteiger partial charge in [-0.3, -0.25) is 4.79 Å². The Balaban J connectivity index is 2.28. The van der Waals surface area contributed by atoms with Crippen LogP contribution in [0.25, 0.3) is 22.4 Å². The van der Waals surface area contributed by atoms with Crippen molar-refractivity contribution in [3.63, 3.8) is 0 Å². The van der Waals surface area contributed by atoms with E-state index in [1.54, 1.807) is 24.3 Å². The van der Waals surface area contributed by atoms with E-state index in [9.17, 15) is 14.0 Å². The van der Waals surface area contributed by atoms with E-state index < -0.39 is 5.97 Å². The number of aldehydes is 1. The Hall–Kier alpha value is -3.53. The molecule has 0 unspecified atom stereocenters. The average molecular weight is 346 g/mol. The van der Waals surface area contributed by atoms with Crippen LogP contribution in [0.5, 0.6) is 0 Å². The van der Waals surface area contributed by atoms with Gasteiger partial charge in [0, 0.05) is 17.2 Å². The molecule has 26 heavy (non-hydrogen) atoms. The van der Waals surface area contributed by atoms with Crippen LogP contribution >= 0.6 is 0 Å². The molecule has 3 aromatic rings. The Morgan fingerprint density at radius 1 is 0.923 bits per heavy atom. The number of halogens is 1. The number of allylic oxidation sites excluding steroid dienone is 2. The van der Waals surface area contributed by atoms with E-state index in [1.165, 1.54) is 18.2 Å². The second-order valence-corrected chi connectivity index (χ2v) is 5.69. The van der Waals surface area contributed by atoms with Crippen LogP contribution in [0.4, 0.5) is 4.39 Å². The van der Waals surface area contributed by atoms with Gasteiger partial charge in [-0.2, -0.15) is 0 Å². The standard InChI is InChI=1S/C22H15FO3/c23-19-10-5-15(6-11-19)13-17(9-12-21(25)26)22-18(14-24)8-7-16-3-1-2-4-20(16)22/h1-14H,(H,25,26)/b12-9+,17-13-. The van der Waals surface area contributed by atoms with Gasteiger partial charge < -0.3 is 5.11 Å². The molecule has 4 heteroatoms. The van der Waals surface area contributed by atoms with Crippen LogP contribution in [0.15, 0.2) is 72.8 Å². The van der Waals surface area contributed by atoms with Crippen molar-refractivity contribution in [3.8, 4) is 0 Å². The number of carbonyl (C=O) groups is 2. The van der Waals surface area contributed by atoms with Crippen LogP contribution < -0.4 is 0 Å². The molecule has 3 aromatic carbocycles. The van der Waals surface area contributed by atoms with E-state index in [4.69, 9.17) is 5.11 Å². The lowest BCUT2D eigenvalue weighted by Gasteiger charge is -2.11. The van der Waals surface area contributed by atoms with Gasteiger partial charge in [0.25, 0.3) is 0 Å². The molecule has 1 N–H and O–H groups in total. The Morgan fingerprint density at radius 2 is 1.65 bits per heavy atom. The molecule has 0 heterocycles. The van der Waals surface area contributed by atoms with Crippen molar-refractivity contribution in [1.29, 1.82) is 0 Å². The van der Waals surface area contributed by atoms with Gasteiger partial charge in [0.05, 0.1) is 0 Å². The lowest BCUT2D eigenvalue weighted by Crippen LogP contribution is -1.95. The molecule has 0 aliphatic carbocycles. The maximum absolute atomic E-state index is 13.2. The number of rotatable bonds is 5. The fourth-order valence-corrected chi connectivity index (χ4v) is 2.81. The summed E-state index contributed by atoms with van der Waals surface area (Å²) in [5, 5.41) is 10.8. The minimum Gasteiger partial charge on any atom is -0.478 e. The maximum atomic E-state index is 13.2. The van der Waals surface area contributed by atoms with E-state index in [2.05, 4.69) is 0 Å². The molecule has 0 radical (unpaired) electrons. The summed E-state index contributed by atoms with van der Waals surface area (Å²) in [6, 6.07) is 16.9. The minimum absolute atomic E-state index is 0.358. The number of hydrogen-bond donors (Lipinski definition) is 1. The first-order chi connectivity index (χ1) is 12.6. The third-order valence-corrected chi connectivity index (χ3v) is 3.97. The molecule has 3 rings (SSSR count). The lowest BCUT2D eigenvalue weighted by molar-refractivity contribution is -0.131. The van der Waals surface area contributed by atoms with E-state index in [1.807, 2.05) is 30.3 Å². The van der Waals surface area contributed by atoms with Crippen molar-refractivity contribution >= 4 is 34.7 Å². The molecule has 0 atom stereocenters. The van der Waals surface area contributed by atoms with Crippen LogP contribution in [0.3, 0.4) is 0 Å². The van der Waals surface area contributed by atoms with Gasteiger partial charge in [0.15, 0.2) is 6.29 Å². The summed E-state index contributed by atoms with van der Waals surface area (Å²) in [6.07, 6.45) is 4.94. The molecule has 0 spiro atoms. The zero-order valence-electron chi connectivity index (χ0n) is 13.7. The Bertz CT molecular complexity index is 1030. The number of fused-ring (bicyclic) bond motifs is 1. The quantitative estimate of drug-likeness (QED) is 0.307. The number of carboxylic acids is 1. The van der Waals surface area contributed by atoms with E-state index in [0.717, 1.165) is 23.1 Å². The van der Waals surface area contributed by atoms with Crippen LogP contribution in [0, 0.1) is 5.82 Å². The second-order valence-electron chi connectivity index (χ2n) is 5.69. The first-order valence-corrected chi connectivity index (χ1v) is 7.94. The predicted octanol–water partition coefficient (Wildman–Crippen LogP) is 4.97. The summed E-state index contributed by atoms with van der Waals surface area (Å²) in [7, 11) is 0. The molecule has 0 amide bonds. The summed E-state index contributed by atoms with van der Waals surface area (Å²) < 4.78 is 13.2. The summed E-state index contributed by atoms with van der Waals surface area (Å²) in [6.45, 7) is 0. The molecule has 0 aliphatic rings. The van der Waals surface area contributed by atoms with Crippen molar-refractivity contribution in [3.05, 3.63) is 95.3 Å². The number of hydrogen-bond acceptors (Lipinski definition) is 2. The fraction of sp³-hybridized carbons (Fsp3) is 0. The van der Waals surface area contributed by atoms with Gasteiger partial charge in [-0.15, -0.1) is 0 Å². The highest BCUT2D eigenvalue weighted by atomic mass is 19.1. The molecule has 0 saturated heterocycles. The lowest BCUT2D eigenvalue weighted by atomic mass is 9.92. The maximum Gasteiger partial charge on any atom is 0.328 e. The average Bonchev–Trinajstić information content (AvgIpc) is 2.65. The van der Waals surface area contributed by atoms with Crippen LogP contribution in [-0.2, 0) is 4.79 Å². The molecule has 0 saturated carbocycles. The molecule has 128 valence electrons. The Labute approximate surface area is 149 Å². The van der Waals surface area contributed by atoms with Crippen LogP contribution in [-0.4, -0.2) is 17.4 Å². The van der Waals surface area contributed by atoms with Gasteiger partial charge in [-0.25, -0.2) is 9.18 Å². The number of carbonyl (C=O) groups excluding carboxylic acids is 1. The van der Waals surface area contributed by atoms with E-state index in [0.29, 0.717) is 22.3 Å². The van der Waals surface area contributed by atoms with Gasteiger partial charge in [0.2, 0.25) is 0 Å². The van der Waals surface area contributed by atoms with E-state index in [-0.39, 0.29) is 5.82 Å². The van der Waals surface area contributed by atoms with Gasteiger partial charge in [-0.1, -0.05) is 48.5 Å². The molecular formula is C22H15FO3. The highest BCUT2D eigenvalue weighted by Gasteiger charge is 2.11. The van der Waals surface area contributed by atoms with Gasteiger partial charge in [0.1, 0.15) is 5.82 Å². The zero-order chi connectivity index (χ0) is 18.5. The summed E-state index contributed by atoms with van der Waals surface area (Å²) in [4.78, 5) is 22.6. The fourth-order valence-electron chi connectivity index (χ4n) is 2.81. The summed E-state index contributed by atoms with van der Waals surface area (Å²) in [5.74, 6) is -1.45. The predicted molar refractivity (Wildman–Crippen MR) is 100 cm³/mol. The van der Waals surface area contributed by atoms with Crippen molar-refractivity contribution in [2.24, 2.45) is 0 Å². The highest BCUT2D eigenvalue weighted by molar-refractivity contribution is 6.07. The number of aliphatic carboxylic acids is 1. The molecule has 0 aliphatic heterocycles. The highest BCUT2D eigenvalue weighted by Crippen LogP contribution is 2.30. The van der Waals surface area contributed by atoms with Crippen LogP contribution in [0.1, 0.15) is 21.5 Å². The third kappa shape index (κ3) is 3.75. The first kappa shape index (κ1) is 17.3. The molecule has 0 aromatic heterocycles.